The summed E-state index contributed by atoms with van der Waals surface area (Å²) in [4.78, 5) is 52.2. The molecule has 2 heterocycles. The van der Waals surface area contributed by atoms with Gasteiger partial charge in [0.25, 0.3) is 11.8 Å². The van der Waals surface area contributed by atoms with E-state index < -0.39 is 29.8 Å². The SMILES string of the molecule is CC1(c2cccc(-n3cnnn3)c2)NC(=O)N(CC(=O)c2ccc(NC(=O)c3ccccc3)cc2)C1=O. The predicted molar refractivity (Wildman–Crippen MR) is 132 cm³/mol. The summed E-state index contributed by atoms with van der Waals surface area (Å²) in [5, 5.41) is 16.5. The van der Waals surface area contributed by atoms with Gasteiger partial charge in [0.1, 0.15) is 11.9 Å². The number of hydrogen-bond donors (Lipinski definition) is 2. The minimum atomic E-state index is -1.37. The van der Waals surface area contributed by atoms with E-state index in [0.29, 0.717) is 28.1 Å². The summed E-state index contributed by atoms with van der Waals surface area (Å²) < 4.78 is 1.43. The summed E-state index contributed by atoms with van der Waals surface area (Å²) in [5.74, 6) is -1.25. The molecule has 0 bridgehead atoms. The Labute approximate surface area is 211 Å². The van der Waals surface area contributed by atoms with Crippen LogP contribution >= 0.6 is 0 Å². The number of benzene rings is 3. The van der Waals surface area contributed by atoms with Gasteiger partial charge in [0.15, 0.2) is 5.78 Å². The molecule has 11 heteroatoms. The maximum atomic E-state index is 13.3. The lowest BCUT2D eigenvalue weighted by Gasteiger charge is -2.22. The Kier molecular flexibility index (Phi) is 6.02. The van der Waals surface area contributed by atoms with Gasteiger partial charge in [0.05, 0.1) is 12.2 Å². The van der Waals surface area contributed by atoms with Crippen LogP contribution in [0.15, 0.2) is 85.2 Å². The van der Waals surface area contributed by atoms with Crippen LogP contribution in [0.3, 0.4) is 0 Å². The fraction of sp³-hybridized carbons (Fsp3) is 0.115. The van der Waals surface area contributed by atoms with Crippen LogP contribution < -0.4 is 10.6 Å². The number of nitrogens with zero attached hydrogens (tertiary/aromatic N) is 5. The summed E-state index contributed by atoms with van der Waals surface area (Å²) in [6.45, 7) is 1.16. The van der Waals surface area contributed by atoms with E-state index >= 15 is 0 Å². The van der Waals surface area contributed by atoms with Crippen LogP contribution in [0.4, 0.5) is 10.5 Å². The van der Waals surface area contributed by atoms with Gasteiger partial charge in [0, 0.05) is 16.8 Å². The second-order valence-corrected chi connectivity index (χ2v) is 8.57. The van der Waals surface area contributed by atoms with Gasteiger partial charge in [-0.05, 0) is 71.4 Å². The van der Waals surface area contributed by atoms with E-state index in [4.69, 9.17) is 0 Å². The second kappa shape index (κ2) is 9.46. The van der Waals surface area contributed by atoms with Crippen LogP contribution in [-0.4, -0.2) is 55.3 Å². The lowest BCUT2D eigenvalue weighted by Crippen LogP contribution is -2.41. The summed E-state index contributed by atoms with van der Waals surface area (Å²) >= 11 is 0. The van der Waals surface area contributed by atoms with Crippen LogP contribution in [0.25, 0.3) is 5.69 Å². The summed E-state index contributed by atoms with van der Waals surface area (Å²) in [7, 11) is 0. The van der Waals surface area contributed by atoms with E-state index in [1.807, 2.05) is 6.07 Å². The Balaban J connectivity index is 1.28. The molecule has 0 saturated carbocycles. The molecule has 1 saturated heterocycles. The van der Waals surface area contributed by atoms with E-state index in [9.17, 15) is 19.2 Å². The number of ketones is 1. The first kappa shape index (κ1) is 23.5. The first-order chi connectivity index (χ1) is 17.8. The molecule has 4 amide bonds. The van der Waals surface area contributed by atoms with Crippen LogP contribution in [0, 0.1) is 0 Å². The Morgan fingerprint density at radius 3 is 2.41 bits per heavy atom. The fourth-order valence-corrected chi connectivity index (χ4v) is 4.04. The third-order valence-electron chi connectivity index (χ3n) is 6.11. The molecule has 0 radical (unpaired) electrons. The minimum absolute atomic E-state index is 0.276. The Morgan fingerprint density at radius 2 is 1.70 bits per heavy atom. The number of Topliss-reactive ketones (excluding diaryl/α,β-unsaturated/α-hetero) is 1. The van der Waals surface area contributed by atoms with Gasteiger partial charge in [-0.25, -0.2) is 9.48 Å². The normalized spacial score (nSPS) is 16.9. The Hall–Kier alpha value is -5.19. The standard InChI is InChI=1S/C26H21N7O4/c1-26(19-8-5-9-21(14-19)33-16-27-30-31-33)24(36)32(25(37)29-26)15-22(34)17-10-12-20(13-11-17)28-23(35)18-6-3-2-4-7-18/h2-14,16H,15H2,1H3,(H,28,35)(H,29,37). The molecule has 1 aliphatic heterocycles. The van der Waals surface area contributed by atoms with E-state index in [0.717, 1.165) is 4.90 Å². The maximum absolute atomic E-state index is 13.3. The van der Waals surface area contributed by atoms with Gasteiger partial charge >= 0.3 is 6.03 Å². The number of carbonyl (C=O) groups excluding carboxylic acids is 4. The molecule has 11 nitrogen and oxygen atoms in total. The van der Waals surface area contributed by atoms with Crippen molar-refractivity contribution < 1.29 is 19.2 Å². The molecule has 5 rings (SSSR count). The maximum Gasteiger partial charge on any atom is 0.325 e. The van der Waals surface area contributed by atoms with Gasteiger partial charge in [-0.15, -0.1) is 5.10 Å². The number of carbonyl (C=O) groups is 4. The van der Waals surface area contributed by atoms with Gasteiger partial charge in [-0.2, -0.15) is 0 Å². The number of urea groups is 1. The third kappa shape index (κ3) is 4.57. The molecule has 1 aliphatic rings. The highest BCUT2D eigenvalue weighted by Gasteiger charge is 2.49. The number of amides is 4. The highest BCUT2D eigenvalue weighted by atomic mass is 16.2. The number of imide groups is 1. The molecular formula is C26H21N7O4. The van der Waals surface area contributed by atoms with Gasteiger partial charge in [-0.1, -0.05) is 30.3 Å². The Morgan fingerprint density at radius 1 is 0.946 bits per heavy atom. The highest BCUT2D eigenvalue weighted by molar-refractivity contribution is 6.11. The first-order valence-corrected chi connectivity index (χ1v) is 11.3. The Bertz CT molecular complexity index is 1490. The van der Waals surface area contributed by atoms with E-state index in [2.05, 4.69) is 26.2 Å². The van der Waals surface area contributed by atoms with Crippen molar-refractivity contribution in [3.63, 3.8) is 0 Å². The van der Waals surface area contributed by atoms with Gasteiger partial charge in [0.2, 0.25) is 0 Å². The predicted octanol–water partition coefficient (Wildman–Crippen LogP) is 2.56. The van der Waals surface area contributed by atoms with Crippen molar-refractivity contribution in [2.45, 2.75) is 12.5 Å². The first-order valence-electron chi connectivity index (χ1n) is 11.3. The zero-order chi connectivity index (χ0) is 26.0. The molecule has 4 aromatic rings. The lowest BCUT2D eigenvalue weighted by molar-refractivity contribution is -0.130. The monoisotopic (exact) mass is 495 g/mol. The smallest absolute Gasteiger partial charge is 0.322 e. The average Bonchev–Trinajstić information content (AvgIpc) is 3.54. The summed E-state index contributed by atoms with van der Waals surface area (Å²) in [5.41, 5.74) is 1.08. The molecule has 3 aromatic carbocycles. The number of nitrogens with one attached hydrogen (secondary N) is 2. The fourth-order valence-electron chi connectivity index (χ4n) is 4.04. The molecule has 1 fully saturated rings. The molecule has 0 spiro atoms. The number of rotatable bonds is 7. The highest BCUT2D eigenvalue weighted by Crippen LogP contribution is 2.30. The molecule has 184 valence electrons. The van der Waals surface area contributed by atoms with Crippen molar-refractivity contribution in [1.82, 2.24) is 30.4 Å². The molecule has 1 aromatic heterocycles. The number of anilines is 1. The summed E-state index contributed by atoms with van der Waals surface area (Å²) in [6, 6.07) is 21.2. The molecular weight excluding hydrogens is 474 g/mol. The lowest BCUT2D eigenvalue weighted by atomic mass is 9.91. The average molecular weight is 495 g/mol. The number of hydrogen-bond acceptors (Lipinski definition) is 7. The van der Waals surface area contributed by atoms with Crippen molar-refractivity contribution in [3.8, 4) is 5.69 Å². The number of tetrazole rings is 1. The molecule has 0 aliphatic carbocycles. The van der Waals surface area contributed by atoms with Crippen LogP contribution in [0.1, 0.15) is 33.2 Å². The quantitative estimate of drug-likeness (QED) is 0.297. The van der Waals surface area contributed by atoms with Gasteiger partial charge < -0.3 is 10.6 Å². The topological polar surface area (TPSA) is 139 Å². The second-order valence-electron chi connectivity index (χ2n) is 8.57. The van der Waals surface area contributed by atoms with E-state index in [1.165, 1.54) is 23.1 Å². The van der Waals surface area contributed by atoms with E-state index in [1.54, 1.807) is 67.6 Å². The van der Waals surface area contributed by atoms with Crippen molar-refractivity contribution in [2.75, 3.05) is 11.9 Å². The molecule has 2 N–H and O–H groups in total. The summed E-state index contributed by atoms with van der Waals surface area (Å²) in [6.07, 6.45) is 1.42. The van der Waals surface area contributed by atoms with Crippen molar-refractivity contribution in [2.24, 2.45) is 0 Å². The minimum Gasteiger partial charge on any atom is -0.322 e. The number of aromatic nitrogens is 4. The zero-order valence-electron chi connectivity index (χ0n) is 19.7. The zero-order valence-corrected chi connectivity index (χ0v) is 19.7. The van der Waals surface area contributed by atoms with Crippen LogP contribution in [-0.2, 0) is 10.3 Å². The largest absolute Gasteiger partial charge is 0.325 e. The van der Waals surface area contributed by atoms with E-state index in [-0.39, 0.29) is 5.91 Å². The third-order valence-corrected chi connectivity index (χ3v) is 6.11. The van der Waals surface area contributed by atoms with Gasteiger partial charge in [-0.3, -0.25) is 19.3 Å². The van der Waals surface area contributed by atoms with Crippen molar-refractivity contribution in [3.05, 3.63) is 102 Å². The molecule has 37 heavy (non-hydrogen) atoms. The van der Waals surface area contributed by atoms with Crippen LogP contribution in [0.2, 0.25) is 0 Å². The van der Waals surface area contributed by atoms with Crippen LogP contribution in [0.5, 0.6) is 0 Å². The molecule has 1 atom stereocenters. The van der Waals surface area contributed by atoms with Crippen molar-refractivity contribution >= 4 is 29.3 Å². The van der Waals surface area contributed by atoms with Crippen molar-refractivity contribution in [1.29, 1.82) is 0 Å². The molecule has 1 unspecified atom stereocenters.